The molecule has 2 rings (SSSR count). The lowest BCUT2D eigenvalue weighted by atomic mass is 10.0. The zero-order valence-corrected chi connectivity index (χ0v) is 13.8. The van der Waals surface area contributed by atoms with Gasteiger partial charge in [0.2, 0.25) is 0 Å². The van der Waals surface area contributed by atoms with Gasteiger partial charge in [-0.25, -0.2) is 4.79 Å². The molecule has 116 valence electrons. The number of hydrogen-bond acceptors (Lipinski definition) is 3. The molecule has 0 fully saturated rings. The van der Waals surface area contributed by atoms with Crippen molar-refractivity contribution >= 4 is 18.0 Å². The second-order valence-electron chi connectivity index (χ2n) is 5.27. The highest BCUT2D eigenvalue weighted by molar-refractivity contribution is 7.95. The molecule has 0 unspecified atom stereocenters. The smallest absolute Gasteiger partial charge is 0.350 e. The number of carbonyl (C=O) groups excluding carboxylic acids is 1. The summed E-state index contributed by atoms with van der Waals surface area (Å²) in [7, 11) is 0. The molecule has 0 atom stereocenters. The van der Waals surface area contributed by atoms with Gasteiger partial charge in [0.25, 0.3) is 0 Å². The van der Waals surface area contributed by atoms with Gasteiger partial charge in [0, 0.05) is 4.90 Å². The van der Waals surface area contributed by atoms with Crippen LogP contribution < -0.4 is 0 Å². The highest BCUT2D eigenvalue weighted by Gasteiger charge is 2.08. The van der Waals surface area contributed by atoms with Crippen molar-refractivity contribution in [2.24, 2.45) is 0 Å². The van der Waals surface area contributed by atoms with Gasteiger partial charge >= 0.3 is 5.97 Å². The molecule has 0 aliphatic rings. The highest BCUT2D eigenvalue weighted by atomic mass is 32.2. The van der Waals surface area contributed by atoms with Crippen LogP contribution in [0.4, 0.5) is 0 Å². The van der Waals surface area contributed by atoms with Crippen molar-refractivity contribution in [3.05, 3.63) is 65.7 Å². The molecule has 0 bridgehead atoms. The summed E-state index contributed by atoms with van der Waals surface area (Å²) in [6.45, 7) is 2.22. The minimum absolute atomic E-state index is 0.300. The monoisotopic (exact) mass is 314 g/mol. The molecule has 2 aromatic carbocycles. The van der Waals surface area contributed by atoms with Gasteiger partial charge < -0.3 is 4.18 Å². The Balaban J connectivity index is 1.80. The van der Waals surface area contributed by atoms with Crippen molar-refractivity contribution in [1.82, 2.24) is 0 Å². The second kappa shape index (κ2) is 9.31. The van der Waals surface area contributed by atoms with Crippen molar-refractivity contribution in [1.29, 1.82) is 0 Å². The van der Waals surface area contributed by atoms with Crippen LogP contribution in [0, 0.1) is 0 Å². The van der Waals surface area contributed by atoms with Crippen LogP contribution in [-0.4, -0.2) is 5.97 Å². The van der Waals surface area contributed by atoms with Gasteiger partial charge in [0.15, 0.2) is 0 Å². The molecule has 0 aliphatic heterocycles. The summed E-state index contributed by atoms with van der Waals surface area (Å²) in [4.78, 5) is 12.9. The first-order valence-electron chi connectivity index (χ1n) is 7.82. The molecule has 0 aliphatic carbocycles. The van der Waals surface area contributed by atoms with E-state index >= 15 is 0 Å². The Morgan fingerprint density at radius 3 is 2.36 bits per heavy atom. The van der Waals surface area contributed by atoms with E-state index < -0.39 is 0 Å². The zero-order chi connectivity index (χ0) is 15.6. The summed E-state index contributed by atoms with van der Waals surface area (Å²) in [6.07, 6.45) is 6.11. The normalized spacial score (nSPS) is 10.4. The standard InChI is InChI=1S/C19H22O2S/c1-2-3-4-6-9-16-12-14-17(15-13-16)19(20)21-22-18-10-7-5-8-11-18/h5,7-8,10-15H,2-4,6,9H2,1H3. The largest absolute Gasteiger partial charge is 0.382 e. The number of hydrogen-bond donors (Lipinski definition) is 0. The molecule has 0 aromatic heterocycles. The van der Waals surface area contributed by atoms with Gasteiger partial charge in [-0.05, 0) is 42.7 Å². The first-order chi connectivity index (χ1) is 10.8. The number of rotatable bonds is 8. The van der Waals surface area contributed by atoms with E-state index in [4.69, 9.17) is 4.18 Å². The van der Waals surface area contributed by atoms with Crippen molar-refractivity contribution in [3.63, 3.8) is 0 Å². The molecule has 0 saturated carbocycles. The van der Waals surface area contributed by atoms with Gasteiger partial charge in [-0.2, -0.15) is 0 Å². The fraction of sp³-hybridized carbons (Fsp3) is 0.316. The molecule has 22 heavy (non-hydrogen) atoms. The molecule has 2 aromatic rings. The molecule has 0 saturated heterocycles. The maximum absolute atomic E-state index is 12.0. The Morgan fingerprint density at radius 1 is 0.955 bits per heavy atom. The molecular formula is C19H22O2S. The van der Waals surface area contributed by atoms with E-state index in [0.717, 1.165) is 23.4 Å². The van der Waals surface area contributed by atoms with Crippen LogP contribution in [-0.2, 0) is 10.6 Å². The second-order valence-corrected chi connectivity index (χ2v) is 6.08. The van der Waals surface area contributed by atoms with Crippen LogP contribution in [0.15, 0.2) is 59.5 Å². The van der Waals surface area contributed by atoms with E-state index in [1.807, 2.05) is 54.6 Å². The maximum atomic E-state index is 12.0. The third kappa shape index (κ3) is 5.57. The molecule has 3 heteroatoms. The predicted molar refractivity (Wildman–Crippen MR) is 92.0 cm³/mol. The van der Waals surface area contributed by atoms with Gasteiger partial charge in [-0.15, -0.1) is 0 Å². The lowest BCUT2D eigenvalue weighted by molar-refractivity contribution is 0.0768. The first-order valence-corrected chi connectivity index (χ1v) is 8.56. The summed E-state index contributed by atoms with van der Waals surface area (Å²) in [5.74, 6) is -0.300. The molecular weight excluding hydrogens is 292 g/mol. The fourth-order valence-corrected chi connectivity index (χ4v) is 2.71. The van der Waals surface area contributed by atoms with Gasteiger partial charge in [-0.1, -0.05) is 56.5 Å². The lowest BCUT2D eigenvalue weighted by Gasteiger charge is -2.05. The first kappa shape index (κ1) is 16.6. The van der Waals surface area contributed by atoms with E-state index in [0.29, 0.717) is 5.56 Å². The number of unbranched alkanes of at least 4 members (excludes halogenated alkanes) is 3. The van der Waals surface area contributed by atoms with Crippen molar-refractivity contribution in [2.45, 2.75) is 43.9 Å². The summed E-state index contributed by atoms with van der Waals surface area (Å²) in [6, 6.07) is 17.4. The van der Waals surface area contributed by atoms with Crippen LogP contribution >= 0.6 is 12.0 Å². The molecule has 0 heterocycles. The van der Waals surface area contributed by atoms with Gasteiger partial charge in [0.1, 0.15) is 0 Å². The number of benzene rings is 2. The van der Waals surface area contributed by atoms with Crippen LogP contribution in [0.3, 0.4) is 0 Å². The quantitative estimate of drug-likeness (QED) is 0.463. The SMILES string of the molecule is CCCCCCc1ccc(C(=O)OSc2ccccc2)cc1. The predicted octanol–water partition coefficient (Wildman–Crippen LogP) is 5.67. The Morgan fingerprint density at radius 2 is 1.68 bits per heavy atom. The summed E-state index contributed by atoms with van der Waals surface area (Å²) in [5, 5.41) is 0. The highest BCUT2D eigenvalue weighted by Crippen LogP contribution is 2.20. The van der Waals surface area contributed by atoms with Crippen molar-refractivity contribution < 1.29 is 8.98 Å². The Kier molecular flexibility index (Phi) is 7.04. The van der Waals surface area contributed by atoms with Gasteiger partial charge in [-0.3, -0.25) is 0 Å². The summed E-state index contributed by atoms with van der Waals surface area (Å²) in [5.41, 5.74) is 1.88. The number of carbonyl (C=O) groups is 1. The van der Waals surface area contributed by atoms with Crippen molar-refractivity contribution in [2.75, 3.05) is 0 Å². The third-order valence-corrected chi connectivity index (χ3v) is 4.16. The molecule has 0 amide bonds. The van der Waals surface area contributed by atoms with Crippen LogP contribution in [0.25, 0.3) is 0 Å². The van der Waals surface area contributed by atoms with E-state index in [1.165, 1.54) is 31.2 Å². The van der Waals surface area contributed by atoms with E-state index in [9.17, 15) is 4.79 Å². The zero-order valence-electron chi connectivity index (χ0n) is 13.0. The summed E-state index contributed by atoms with van der Waals surface area (Å²) < 4.78 is 5.24. The maximum Gasteiger partial charge on any atom is 0.350 e. The van der Waals surface area contributed by atoms with Crippen LogP contribution in [0.5, 0.6) is 0 Å². The fourth-order valence-electron chi connectivity index (χ4n) is 2.17. The lowest BCUT2D eigenvalue weighted by Crippen LogP contribution is -2.00. The third-order valence-electron chi connectivity index (χ3n) is 3.47. The van der Waals surface area contributed by atoms with E-state index in [1.54, 1.807) is 0 Å². The summed E-state index contributed by atoms with van der Waals surface area (Å²) >= 11 is 1.10. The Hall–Kier alpha value is -1.74. The molecule has 0 spiro atoms. The molecule has 2 nitrogen and oxygen atoms in total. The minimum atomic E-state index is -0.300. The molecule has 0 N–H and O–H groups in total. The van der Waals surface area contributed by atoms with Crippen LogP contribution in [0.2, 0.25) is 0 Å². The van der Waals surface area contributed by atoms with Crippen LogP contribution in [0.1, 0.15) is 48.5 Å². The Bertz CT molecular complexity index is 564. The van der Waals surface area contributed by atoms with E-state index in [2.05, 4.69) is 6.92 Å². The topological polar surface area (TPSA) is 26.3 Å². The number of aryl methyl sites for hydroxylation is 1. The van der Waals surface area contributed by atoms with Gasteiger partial charge in [0.05, 0.1) is 17.6 Å². The Labute approximate surface area is 137 Å². The average Bonchev–Trinajstić information content (AvgIpc) is 2.58. The minimum Gasteiger partial charge on any atom is -0.382 e. The van der Waals surface area contributed by atoms with E-state index in [-0.39, 0.29) is 5.97 Å². The molecule has 0 radical (unpaired) electrons. The average molecular weight is 314 g/mol. The van der Waals surface area contributed by atoms with Crippen molar-refractivity contribution in [3.8, 4) is 0 Å².